The lowest BCUT2D eigenvalue weighted by Gasteiger charge is -1.88. The highest BCUT2D eigenvalue weighted by Crippen LogP contribution is 1.90. The van der Waals surface area contributed by atoms with E-state index < -0.39 is 5.91 Å². The third-order valence-electron chi connectivity index (χ3n) is 0.887. The van der Waals surface area contributed by atoms with Gasteiger partial charge in [-0.1, -0.05) is 0 Å². The summed E-state index contributed by atoms with van der Waals surface area (Å²) in [5.41, 5.74) is 5.28. The van der Waals surface area contributed by atoms with Crippen LogP contribution >= 0.6 is 0 Å². The Kier molecular flexibility index (Phi) is 1.44. The van der Waals surface area contributed by atoms with Crippen LogP contribution in [0.15, 0.2) is 18.5 Å². The average Bonchev–Trinajstić information content (AvgIpc) is 1.90. The SMILES string of the molecule is NC(=O)c1[c]cncc1. The third kappa shape index (κ3) is 1.25. The molecule has 0 saturated heterocycles. The van der Waals surface area contributed by atoms with E-state index in [1.807, 2.05) is 0 Å². The minimum atomic E-state index is -0.475. The highest BCUT2D eigenvalue weighted by Gasteiger charge is 1.95. The maximum absolute atomic E-state index is 10.4. The van der Waals surface area contributed by atoms with E-state index in [0.29, 0.717) is 5.56 Å². The molecule has 9 heavy (non-hydrogen) atoms. The predicted octanol–water partition coefficient (Wildman–Crippen LogP) is -0.0193. The van der Waals surface area contributed by atoms with Crippen LogP contribution in [0.5, 0.6) is 0 Å². The summed E-state index contributed by atoms with van der Waals surface area (Å²) in [6.45, 7) is 0. The molecule has 1 aromatic heterocycles. The van der Waals surface area contributed by atoms with Crippen LogP contribution in [0.2, 0.25) is 0 Å². The minimum Gasteiger partial charge on any atom is -0.366 e. The minimum absolute atomic E-state index is 0.366. The molecule has 0 fully saturated rings. The highest BCUT2D eigenvalue weighted by atomic mass is 16.1. The van der Waals surface area contributed by atoms with E-state index in [2.05, 4.69) is 11.1 Å². The zero-order chi connectivity index (χ0) is 6.69. The van der Waals surface area contributed by atoms with Crippen molar-refractivity contribution in [2.75, 3.05) is 0 Å². The largest absolute Gasteiger partial charge is 0.366 e. The van der Waals surface area contributed by atoms with Crippen LogP contribution in [0.4, 0.5) is 0 Å². The first-order valence-electron chi connectivity index (χ1n) is 2.42. The van der Waals surface area contributed by atoms with Crippen molar-refractivity contribution in [3.8, 4) is 0 Å². The number of amides is 1. The number of aromatic nitrogens is 1. The Morgan fingerprint density at radius 2 is 2.56 bits per heavy atom. The van der Waals surface area contributed by atoms with Crippen molar-refractivity contribution in [2.24, 2.45) is 5.73 Å². The second kappa shape index (κ2) is 2.26. The quantitative estimate of drug-likeness (QED) is 0.567. The van der Waals surface area contributed by atoms with Crippen LogP contribution in [-0.2, 0) is 0 Å². The Morgan fingerprint density at radius 3 is 2.89 bits per heavy atom. The molecule has 0 aliphatic heterocycles. The van der Waals surface area contributed by atoms with Gasteiger partial charge in [-0.2, -0.15) is 0 Å². The topological polar surface area (TPSA) is 56.0 Å². The smallest absolute Gasteiger partial charge is 0.249 e. The summed E-state index contributed by atoms with van der Waals surface area (Å²) in [5.74, 6) is -0.475. The number of nitrogens with zero attached hydrogens (tertiary/aromatic N) is 1. The Labute approximate surface area is 52.5 Å². The van der Waals surface area contributed by atoms with Crippen molar-refractivity contribution in [1.29, 1.82) is 0 Å². The molecule has 1 amide bonds. The molecular weight excluding hydrogens is 116 g/mol. The predicted molar refractivity (Wildman–Crippen MR) is 31.6 cm³/mol. The van der Waals surface area contributed by atoms with Crippen molar-refractivity contribution < 1.29 is 4.79 Å². The van der Waals surface area contributed by atoms with Crippen molar-refractivity contribution in [1.82, 2.24) is 4.98 Å². The highest BCUT2D eigenvalue weighted by molar-refractivity contribution is 5.92. The van der Waals surface area contributed by atoms with E-state index in [4.69, 9.17) is 5.73 Å². The number of pyridine rings is 1. The number of hydrogen-bond donors (Lipinski definition) is 1. The van der Waals surface area contributed by atoms with Crippen molar-refractivity contribution in [3.63, 3.8) is 0 Å². The molecule has 0 atom stereocenters. The Balaban J connectivity index is 2.98. The molecule has 0 spiro atoms. The van der Waals surface area contributed by atoms with Gasteiger partial charge in [0.25, 0.3) is 0 Å². The van der Waals surface area contributed by atoms with Crippen molar-refractivity contribution >= 4 is 5.91 Å². The van der Waals surface area contributed by atoms with Crippen molar-refractivity contribution in [3.05, 3.63) is 30.1 Å². The van der Waals surface area contributed by atoms with Gasteiger partial charge in [-0.3, -0.25) is 9.78 Å². The molecule has 3 nitrogen and oxygen atoms in total. The first-order chi connectivity index (χ1) is 4.30. The first kappa shape index (κ1) is 5.75. The number of primary amides is 1. The van der Waals surface area contributed by atoms with E-state index in [9.17, 15) is 4.79 Å². The molecular formula is C6H5N2O. The molecule has 1 heterocycles. The number of carbonyl (C=O) groups is 1. The van der Waals surface area contributed by atoms with Gasteiger partial charge < -0.3 is 5.73 Å². The van der Waals surface area contributed by atoms with Gasteiger partial charge in [-0.15, -0.1) is 0 Å². The summed E-state index contributed by atoms with van der Waals surface area (Å²) in [6, 6.07) is 4.10. The van der Waals surface area contributed by atoms with Gasteiger partial charge in [-0.25, -0.2) is 0 Å². The molecule has 3 heteroatoms. The molecule has 1 aromatic rings. The maximum Gasteiger partial charge on any atom is 0.249 e. The Morgan fingerprint density at radius 1 is 1.78 bits per heavy atom. The van der Waals surface area contributed by atoms with Gasteiger partial charge in [0.15, 0.2) is 0 Å². The number of carbonyl (C=O) groups excluding carboxylic acids is 1. The molecule has 2 N–H and O–H groups in total. The fourth-order valence-electron chi connectivity index (χ4n) is 0.469. The number of nitrogens with two attached hydrogens (primary N) is 1. The first-order valence-corrected chi connectivity index (χ1v) is 2.42. The van der Waals surface area contributed by atoms with Crippen LogP contribution in [0.1, 0.15) is 10.4 Å². The van der Waals surface area contributed by atoms with E-state index in [-0.39, 0.29) is 0 Å². The second-order valence-electron chi connectivity index (χ2n) is 1.52. The van der Waals surface area contributed by atoms with Crippen LogP contribution in [-0.4, -0.2) is 10.9 Å². The summed E-state index contributed by atoms with van der Waals surface area (Å²) in [4.78, 5) is 14.0. The summed E-state index contributed by atoms with van der Waals surface area (Å²) >= 11 is 0. The molecule has 0 aliphatic carbocycles. The van der Waals surface area contributed by atoms with Gasteiger partial charge in [0.1, 0.15) is 0 Å². The van der Waals surface area contributed by atoms with Crippen LogP contribution in [0.25, 0.3) is 0 Å². The summed E-state index contributed by atoms with van der Waals surface area (Å²) in [6.07, 6.45) is 2.90. The standard InChI is InChI=1S/C6H5N2O/c7-6(9)5-1-3-8-4-2-5/h1,3-4H,(H2,7,9). The van der Waals surface area contributed by atoms with Crippen LogP contribution < -0.4 is 5.73 Å². The van der Waals surface area contributed by atoms with E-state index in [0.717, 1.165) is 0 Å². The zero-order valence-corrected chi connectivity index (χ0v) is 4.66. The molecule has 0 aromatic carbocycles. The normalized spacial score (nSPS) is 8.89. The van der Waals surface area contributed by atoms with Gasteiger partial charge in [0, 0.05) is 18.5 Å². The van der Waals surface area contributed by atoms with Gasteiger partial charge in [0.05, 0.1) is 5.56 Å². The molecule has 1 radical (unpaired) electrons. The van der Waals surface area contributed by atoms with Gasteiger partial charge >= 0.3 is 0 Å². The third-order valence-corrected chi connectivity index (χ3v) is 0.887. The average molecular weight is 121 g/mol. The molecule has 0 bridgehead atoms. The van der Waals surface area contributed by atoms with Gasteiger partial charge in [-0.05, 0) is 6.07 Å². The molecule has 0 aliphatic rings. The fraction of sp³-hybridized carbons (Fsp3) is 0. The van der Waals surface area contributed by atoms with E-state index in [1.165, 1.54) is 18.5 Å². The monoisotopic (exact) mass is 121 g/mol. The van der Waals surface area contributed by atoms with Crippen molar-refractivity contribution in [2.45, 2.75) is 0 Å². The molecule has 0 unspecified atom stereocenters. The van der Waals surface area contributed by atoms with E-state index >= 15 is 0 Å². The lowest BCUT2D eigenvalue weighted by molar-refractivity contribution is 0.1000. The molecule has 0 saturated carbocycles. The number of hydrogen-bond acceptors (Lipinski definition) is 2. The Bertz CT molecular complexity index is 208. The zero-order valence-electron chi connectivity index (χ0n) is 4.66. The molecule has 45 valence electrons. The molecule has 1 rings (SSSR count). The summed E-state index contributed by atoms with van der Waals surface area (Å²) in [5, 5.41) is 0. The van der Waals surface area contributed by atoms with Crippen LogP contribution in [0.3, 0.4) is 0 Å². The lowest BCUT2D eigenvalue weighted by Crippen LogP contribution is -2.10. The fourth-order valence-corrected chi connectivity index (χ4v) is 0.469. The maximum atomic E-state index is 10.4. The van der Waals surface area contributed by atoms with Gasteiger partial charge in [0.2, 0.25) is 5.91 Å². The Hall–Kier alpha value is -1.38. The second-order valence-corrected chi connectivity index (χ2v) is 1.52. The lowest BCUT2D eigenvalue weighted by atomic mass is 10.3. The van der Waals surface area contributed by atoms with E-state index in [1.54, 1.807) is 0 Å². The van der Waals surface area contributed by atoms with Crippen LogP contribution in [0, 0.1) is 6.07 Å². The number of rotatable bonds is 1. The summed E-state index contributed by atoms with van der Waals surface area (Å²) < 4.78 is 0. The summed E-state index contributed by atoms with van der Waals surface area (Å²) in [7, 11) is 0.